The lowest BCUT2D eigenvalue weighted by Gasteiger charge is -2.32. The molecule has 0 bridgehead atoms. The molecule has 3 N–H and O–H groups in total. The average Bonchev–Trinajstić information content (AvgIpc) is 2.08. The van der Waals surface area contributed by atoms with E-state index in [1.54, 1.807) is 13.1 Å². The van der Waals surface area contributed by atoms with Crippen molar-refractivity contribution in [1.82, 2.24) is 5.32 Å². The van der Waals surface area contributed by atoms with Crippen molar-refractivity contribution in [3.8, 4) is 0 Å². The van der Waals surface area contributed by atoms with Gasteiger partial charge in [-0.05, 0) is 0 Å². The minimum Gasteiger partial charge on any atom is -0.355 e. The van der Waals surface area contributed by atoms with Gasteiger partial charge in [0.25, 0.3) is 0 Å². The fourth-order valence-electron chi connectivity index (χ4n) is 1.37. The number of nitrogens with two attached hydrogens (primary N) is 1. The Morgan fingerprint density at radius 1 is 1.62 bits per heavy atom. The Morgan fingerprint density at radius 2 is 2.23 bits per heavy atom. The molecule has 1 unspecified atom stereocenters. The van der Waals surface area contributed by atoms with Crippen molar-refractivity contribution in [2.24, 2.45) is 11.1 Å². The zero-order valence-corrected chi connectivity index (χ0v) is 8.29. The predicted octanol–water partition coefficient (Wildman–Crippen LogP) is 0.582. The quantitative estimate of drug-likeness (QED) is 0.620. The van der Waals surface area contributed by atoms with E-state index >= 15 is 0 Å². The van der Waals surface area contributed by atoms with Crippen LogP contribution in [0.15, 0.2) is 23.8 Å². The highest BCUT2D eigenvalue weighted by Crippen LogP contribution is 2.29. The topological polar surface area (TPSA) is 55.1 Å². The van der Waals surface area contributed by atoms with Gasteiger partial charge < -0.3 is 11.1 Å². The van der Waals surface area contributed by atoms with E-state index in [2.05, 4.69) is 5.32 Å². The zero-order valence-electron chi connectivity index (χ0n) is 8.29. The number of hydrogen-bond acceptors (Lipinski definition) is 2. The number of rotatable bonds is 1. The number of carbonyl (C=O) groups excluding carboxylic acids is 1. The molecule has 72 valence electrons. The zero-order chi connectivity index (χ0) is 10.1. The Bertz CT molecular complexity index is 277. The molecular weight excluding hydrogens is 164 g/mol. The lowest BCUT2D eigenvalue weighted by Crippen LogP contribution is -2.43. The molecule has 0 radical (unpaired) electrons. The highest BCUT2D eigenvalue weighted by molar-refractivity contribution is 5.95. The molecule has 0 aromatic rings. The first-order chi connectivity index (χ1) is 5.99. The number of carbonyl (C=O) groups is 1. The van der Waals surface area contributed by atoms with Crippen LogP contribution in [0.3, 0.4) is 0 Å². The van der Waals surface area contributed by atoms with Gasteiger partial charge in [0.15, 0.2) is 0 Å². The number of allylic oxidation sites excluding steroid dienone is 2. The monoisotopic (exact) mass is 180 g/mol. The van der Waals surface area contributed by atoms with Crippen LogP contribution in [0.5, 0.6) is 0 Å². The van der Waals surface area contributed by atoms with Gasteiger partial charge in [0, 0.05) is 24.1 Å². The van der Waals surface area contributed by atoms with Crippen molar-refractivity contribution in [2.75, 3.05) is 7.05 Å². The van der Waals surface area contributed by atoms with Crippen molar-refractivity contribution in [1.29, 1.82) is 0 Å². The third kappa shape index (κ3) is 1.80. The molecule has 13 heavy (non-hydrogen) atoms. The van der Waals surface area contributed by atoms with E-state index in [1.807, 2.05) is 26.0 Å². The predicted molar refractivity (Wildman–Crippen MR) is 53.0 cm³/mol. The standard InChI is InChI=1S/C10H16N2O/c1-10(2)6-4-5-7(8(10)11)9(13)12-3/h4-6,8H,11H2,1-3H3,(H,12,13). The minimum atomic E-state index is -0.225. The Hall–Kier alpha value is -1.09. The SMILES string of the molecule is CNC(=O)C1=CC=CC(C)(C)C1N. The average molecular weight is 180 g/mol. The first-order valence-electron chi connectivity index (χ1n) is 4.36. The van der Waals surface area contributed by atoms with Crippen LogP contribution in [0.25, 0.3) is 0 Å². The van der Waals surface area contributed by atoms with Gasteiger partial charge in [-0.15, -0.1) is 0 Å². The molecule has 3 heteroatoms. The van der Waals surface area contributed by atoms with E-state index in [-0.39, 0.29) is 17.4 Å². The summed E-state index contributed by atoms with van der Waals surface area (Å²) in [6.45, 7) is 4.04. The Morgan fingerprint density at radius 3 is 2.77 bits per heavy atom. The second-order valence-corrected chi connectivity index (χ2v) is 3.86. The van der Waals surface area contributed by atoms with Crippen LogP contribution in [0, 0.1) is 5.41 Å². The second-order valence-electron chi connectivity index (χ2n) is 3.86. The molecule has 1 rings (SSSR count). The summed E-state index contributed by atoms with van der Waals surface area (Å²) in [5.41, 5.74) is 6.46. The van der Waals surface area contributed by atoms with Crippen molar-refractivity contribution in [2.45, 2.75) is 19.9 Å². The molecule has 0 spiro atoms. The normalized spacial score (nSPS) is 25.2. The van der Waals surface area contributed by atoms with Crippen LogP contribution in [0.4, 0.5) is 0 Å². The van der Waals surface area contributed by atoms with Gasteiger partial charge in [0.1, 0.15) is 0 Å². The molecule has 1 aliphatic rings. The number of hydrogen-bond donors (Lipinski definition) is 2. The van der Waals surface area contributed by atoms with Crippen LogP contribution in [0.2, 0.25) is 0 Å². The molecule has 1 atom stereocenters. The maximum atomic E-state index is 11.4. The van der Waals surface area contributed by atoms with Crippen LogP contribution >= 0.6 is 0 Å². The fraction of sp³-hybridized carbons (Fsp3) is 0.500. The molecular formula is C10H16N2O. The van der Waals surface area contributed by atoms with Gasteiger partial charge in [-0.25, -0.2) is 0 Å². The van der Waals surface area contributed by atoms with Gasteiger partial charge in [-0.1, -0.05) is 32.1 Å². The highest BCUT2D eigenvalue weighted by Gasteiger charge is 2.31. The summed E-state index contributed by atoms with van der Waals surface area (Å²) in [5.74, 6) is -0.0927. The number of nitrogens with one attached hydrogen (secondary N) is 1. The van der Waals surface area contributed by atoms with E-state index in [4.69, 9.17) is 5.73 Å². The lowest BCUT2D eigenvalue weighted by atomic mass is 9.77. The summed E-state index contributed by atoms with van der Waals surface area (Å²) in [6, 6.07) is -0.225. The third-order valence-electron chi connectivity index (χ3n) is 2.43. The minimum absolute atomic E-state index is 0.0927. The first-order valence-corrected chi connectivity index (χ1v) is 4.36. The molecule has 3 nitrogen and oxygen atoms in total. The largest absolute Gasteiger partial charge is 0.355 e. The third-order valence-corrected chi connectivity index (χ3v) is 2.43. The van der Waals surface area contributed by atoms with Crippen molar-refractivity contribution in [3.05, 3.63) is 23.8 Å². The van der Waals surface area contributed by atoms with Gasteiger partial charge in [-0.3, -0.25) is 4.79 Å². The molecule has 0 saturated carbocycles. The van der Waals surface area contributed by atoms with Gasteiger partial charge in [0.05, 0.1) is 0 Å². The van der Waals surface area contributed by atoms with E-state index in [0.717, 1.165) is 0 Å². The molecule has 0 aliphatic heterocycles. The van der Waals surface area contributed by atoms with Gasteiger partial charge >= 0.3 is 0 Å². The molecule has 1 amide bonds. The summed E-state index contributed by atoms with van der Waals surface area (Å²) in [6.07, 6.45) is 5.67. The van der Waals surface area contributed by atoms with Crippen molar-refractivity contribution >= 4 is 5.91 Å². The van der Waals surface area contributed by atoms with Crippen molar-refractivity contribution < 1.29 is 4.79 Å². The second kappa shape index (κ2) is 3.34. The van der Waals surface area contributed by atoms with E-state index in [0.29, 0.717) is 5.57 Å². The summed E-state index contributed by atoms with van der Waals surface area (Å²) >= 11 is 0. The van der Waals surface area contributed by atoms with Crippen LogP contribution < -0.4 is 11.1 Å². The molecule has 0 aromatic carbocycles. The summed E-state index contributed by atoms with van der Waals surface area (Å²) < 4.78 is 0. The Labute approximate surface area is 78.7 Å². The maximum absolute atomic E-state index is 11.4. The number of amides is 1. The van der Waals surface area contributed by atoms with E-state index < -0.39 is 0 Å². The lowest BCUT2D eigenvalue weighted by molar-refractivity contribution is -0.117. The Kier molecular flexibility index (Phi) is 2.57. The molecule has 0 heterocycles. The van der Waals surface area contributed by atoms with Gasteiger partial charge in [-0.2, -0.15) is 0 Å². The molecule has 0 fully saturated rings. The smallest absolute Gasteiger partial charge is 0.248 e. The molecule has 0 aromatic heterocycles. The summed E-state index contributed by atoms with van der Waals surface area (Å²) in [5, 5.41) is 2.58. The number of likely N-dealkylation sites (N-methyl/N-ethyl adjacent to an activating group) is 1. The summed E-state index contributed by atoms with van der Waals surface area (Å²) in [7, 11) is 1.61. The first kappa shape index (κ1) is 9.99. The van der Waals surface area contributed by atoms with Crippen LogP contribution in [0.1, 0.15) is 13.8 Å². The maximum Gasteiger partial charge on any atom is 0.248 e. The molecule has 1 aliphatic carbocycles. The van der Waals surface area contributed by atoms with Crippen LogP contribution in [-0.4, -0.2) is 19.0 Å². The Balaban J connectivity index is 2.94. The fourth-order valence-corrected chi connectivity index (χ4v) is 1.37. The van der Waals surface area contributed by atoms with E-state index in [9.17, 15) is 4.79 Å². The van der Waals surface area contributed by atoms with Crippen molar-refractivity contribution in [3.63, 3.8) is 0 Å². The van der Waals surface area contributed by atoms with E-state index in [1.165, 1.54) is 0 Å². The molecule has 0 saturated heterocycles. The highest BCUT2D eigenvalue weighted by atomic mass is 16.1. The summed E-state index contributed by atoms with van der Waals surface area (Å²) in [4.78, 5) is 11.4. The van der Waals surface area contributed by atoms with Gasteiger partial charge in [0.2, 0.25) is 5.91 Å². The van der Waals surface area contributed by atoms with Crippen LogP contribution in [-0.2, 0) is 4.79 Å².